The highest BCUT2D eigenvalue weighted by molar-refractivity contribution is 6.60. The van der Waals surface area contributed by atoms with Gasteiger partial charge >= 0.3 is 7.12 Å². The standard InChI is InChI=1S/C21H19BN2O5/c1-13-8-16(17(11-23)21(25)24-13)15-9-18(22(26)27)20(19(10-15)28-2)29-12-14-6-4-3-5-7-14/h3-10,26-27H,12H2,1-2H3,(H,24,25). The van der Waals surface area contributed by atoms with Gasteiger partial charge in [-0.2, -0.15) is 5.26 Å². The minimum Gasteiger partial charge on any atom is -0.493 e. The molecule has 0 fully saturated rings. The minimum atomic E-state index is -1.84. The Morgan fingerprint density at radius 2 is 1.90 bits per heavy atom. The monoisotopic (exact) mass is 390 g/mol. The quantitative estimate of drug-likeness (QED) is 0.550. The molecule has 0 atom stereocenters. The van der Waals surface area contributed by atoms with Gasteiger partial charge in [0.25, 0.3) is 5.56 Å². The summed E-state index contributed by atoms with van der Waals surface area (Å²) in [4.78, 5) is 14.7. The van der Waals surface area contributed by atoms with Crippen molar-refractivity contribution in [1.82, 2.24) is 4.98 Å². The normalized spacial score (nSPS) is 10.3. The Morgan fingerprint density at radius 1 is 1.17 bits per heavy atom. The van der Waals surface area contributed by atoms with Crippen LogP contribution in [0.5, 0.6) is 11.5 Å². The molecular weight excluding hydrogens is 371 g/mol. The van der Waals surface area contributed by atoms with Gasteiger partial charge < -0.3 is 24.5 Å². The smallest absolute Gasteiger partial charge is 0.492 e. The number of aromatic nitrogens is 1. The van der Waals surface area contributed by atoms with E-state index >= 15 is 0 Å². The summed E-state index contributed by atoms with van der Waals surface area (Å²) in [6.07, 6.45) is 0. The van der Waals surface area contributed by atoms with Gasteiger partial charge in [0.1, 0.15) is 18.2 Å². The van der Waals surface area contributed by atoms with Crippen LogP contribution in [0, 0.1) is 18.3 Å². The predicted octanol–water partition coefficient (Wildman–Crippen LogP) is 1.49. The van der Waals surface area contributed by atoms with Gasteiger partial charge in [0.15, 0.2) is 11.5 Å². The molecule has 1 heterocycles. The second kappa shape index (κ2) is 8.65. The molecule has 146 valence electrons. The van der Waals surface area contributed by atoms with Crippen LogP contribution in [0.2, 0.25) is 0 Å². The van der Waals surface area contributed by atoms with Gasteiger partial charge in [-0.25, -0.2) is 0 Å². The Morgan fingerprint density at radius 3 is 2.52 bits per heavy atom. The highest BCUT2D eigenvalue weighted by atomic mass is 16.5. The van der Waals surface area contributed by atoms with Crippen molar-refractivity contribution in [3.63, 3.8) is 0 Å². The fourth-order valence-corrected chi connectivity index (χ4v) is 3.03. The van der Waals surface area contributed by atoms with E-state index in [-0.39, 0.29) is 29.1 Å². The number of aromatic amines is 1. The fraction of sp³-hybridized carbons (Fsp3) is 0.143. The minimum absolute atomic E-state index is 0.0668. The lowest BCUT2D eigenvalue weighted by molar-refractivity contribution is 0.285. The maximum Gasteiger partial charge on any atom is 0.492 e. The number of benzene rings is 2. The summed E-state index contributed by atoms with van der Waals surface area (Å²) in [6, 6.07) is 16.0. The SMILES string of the molecule is COc1cc(-c2cc(C)[nH]c(=O)c2C#N)cc(B(O)O)c1OCc1ccccc1. The first-order valence-electron chi connectivity index (χ1n) is 8.83. The zero-order chi connectivity index (χ0) is 21.0. The van der Waals surface area contributed by atoms with Crippen molar-refractivity contribution < 1.29 is 19.5 Å². The van der Waals surface area contributed by atoms with Gasteiger partial charge in [-0.3, -0.25) is 4.79 Å². The molecule has 0 saturated carbocycles. The van der Waals surface area contributed by atoms with E-state index < -0.39 is 12.7 Å². The number of hydrogen-bond acceptors (Lipinski definition) is 6. The first-order valence-corrected chi connectivity index (χ1v) is 8.83. The topological polar surface area (TPSA) is 116 Å². The fourth-order valence-electron chi connectivity index (χ4n) is 3.03. The Kier molecular flexibility index (Phi) is 6.03. The average molecular weight is 390 g/mol. The van der Waals surface area contributed by atoms with E-state index in [0.717, 1.165) is 5.56 Å². The lowest BCUT2D eigenvalue weighted by Gasteiger charge is -2.17. The van der Waals surface area contributed by atoms with Gasteiger partial charge in [0, 0.05) is 16.7 Å². The number of methoxy groups -OCH3 is 1. The van der Waals surface area contributed by atoms with Crippen molar-refractivity contribution in [3.05, 3.63) is 75.7 Å². The Bertz CT molecular complexity index is 1120. The van der Waals surface area contributed by atoms with Crippen LogP contribution in [0.3, 0.4) is 0 Å². The second-order valence-corrected chi connectivity index (χ2v) is 6.43. The third-order valence-corrected chi connectivity index (χ3v) is 4.40. The molecule has 0 unspecified atom stereocenters. The first-order chi connectivity index (χ1) is 13.9. The molecule has 8 heteroatoms. The van der Waals surface area contributed by atoms with E-state index in [1.807, 2.05) is 36.4 Å². The summed E-state index contributed by atoms with van der Waals surface area (Å²) in [5.74, 6) is 0.429. The molecule has 3 N–H and O–H groups in total. The molecule has 0 radical (unpaired) electrons. The van der Waals surface area contributed by atoms with Crippen molar-refractivity contribution in [2.24, 2.45) is 0 Å². The highest BCUT2D eigenvalue weighted by Crippen LogP contribution is 2.33. The number of pyridine rings is 1. The summed E-state index contributed by atoms with van der Waals surface area (Å²) >= 11 is 0. The summed E-state index contributed by atoms with van der Waals surface area (Å²) in [6.45, 7) is 1.90. The summed E-state index contributed by atoms with van der Waals surface area (Å²) in [5.41, 5.74) is 1.74. The van der Waals surface area contributed by atoms with Crippen molar-refractivity contribution in [1.29, 1.82) is 5.26 Å². The van der Waals surface area contributed by atoms with Gasteiger partial charge in [-0.05, 0) is 30.2 Å². The van der Waals surface area contributed by atoms with Crippen LogP contribution < -0.4 is 20.5 Å². The molecule has 0 aliphatic rings. The lowest BCUT2D eigenvalue weighted by Crippen LogP contribution is -2.32. The third-order valence-electron chi connectivity index (χ3n) is 4.40. The number of nitrogens with zero attached hydrogens (tertiary/aromatic N) is 1. The van der Waals surface area contributed by atoms with Crippen LogP contribution in [0.15, 0.2) is 53.3 Å². The molecule has 0 aliphatic heterocycles. The molecule has 7 nitrogen and oxygen atoms in total. The van der Waals surface area contributed by atoms with Crippen molar-refractivity contribution in [2.75, 3.05) is 7.11 Å². The number of nitrogens with one attached hydrogen (secondary N) is 1. The van der Waals surface area contributed by atoms with Crippen LogP contribution in [0.25, 0.3) is 11.1 Å². The molecule has 0 amide bonds. The third kappa shape index (κ3) is 4.32. The Hall–Kier alpha value is -3.54. The molecule has 3 rings (SSSR count). The molecule has 2 aromatic carbocycles. The Labute approximate surface area is 167 Å². The molecule has 3 aromatic rings. The molecule has 0 saturated heterocycles. The van der Waals surface area contributed by atoms with Crippen molar-refractivity contribution >= 4 is 12.6 Å². The molecule has 0 spiro atoms. The number of aryl methyl sites for hydroxylation is 1. The van der Waals surface area contributed by atoms with E-state index in [9.17, 15) is 20.1 Å². The van der Waals surface area contributed by atoms with E-state index in [1.54, 1.807) is 19.1 Å². The zero-order valence-corrected chi connectivity index (χ0v) is 16.0. The molecule has 1 aromatic heterocycles. The molecule has 0 aliphatic carbocycles. The van der Waals surface area contributed by atoms with Gasteiger partial charge in [-0.1, -0.05) is 36.4 Å². The molecular formula is C21H19BN2O5. The maximum absolute atomic E-state index is 12.1. The zero-order valence-electron chi connectivity index (χ0n) is 16.0. The first kappa shape index (κ1) is 20.2. The Balaban J connectivity index is 2.12. The van der Waals surface area contributed by atoms with Gasteiger partial charge in [0.05, 0.1) is 7.11 Å². The maximum atomic E-state index is 12.1. The van der Waals surface area contributed by atoms with E-state index in [1.165, 1.54) is 13.2 Å². The summed E-state index contributed by atoms with van der Waals surface area (Å²) in [5, 5.41) is 29.2. The van der Waals surface area contributed by atoms with Crippen molar-refractivity contribution in [2.45, 2.75) is 13.5 Å². The number of H-pyrrole nitrogens is 1. The summed E-state index contributed by atoms with van der Waals surface area (Å²) < 4.78 is 11.2. The van der Waals surface area contributed by atoms with Crippen LogP contribution in [-0.4, -0.2) is 29.3 Å². The average Bonchev–Trinajstić information content (AvgIpc) is 2.71. The predicted molar refractivity (Wildman–Crippen MR) is 109 cm³/mol. The van der Waals surface area contributed by atoms with E-state index in [2.05, 4.69) is 4.98 Å². The number of rotatable bonds is 6. The van der Waals surface area contributed by atoms with Crippen LogP contribution in [-0.2, 0) is 6.61 Å². The lowest BCUT2D eigenvalue weighted by atomic mass is 9.77. The van der Waals surface area contributed by atoms with Crippen molar-refractivity contribution in [3.8, 4) is 28.7 Å². The van der Waals surface area contributed by atoms with E-state index in [0.29, 0.717) is 16.8 Å². The van der Waals surface area contributed by atoms with E-state index in [4.69, 9.17) is 9.47 Å². The number of hydrogen-bond donors (Lipinski definition) is 3. The largest absolute Gasteiger partial charge is 0.493 e. The second-order valence-electron chi connectivity index (χ2n) is 6.43. The summed E-state index contributed by atoms with van der Waals surface area (Å²) in [7, 11) is -0.417. The highest BCUT2D eigenvalue weighted by Gasteiger charge is 2.24. The van der Waals surface area contributed by atoms with Crippen LogP contribution in [0.4, 0.5) is 0 Å². The van der Waals surface area contributed by atoms with Gasteiger partial charge in [0.2, 0.25) is 0 Å². The van der Waals surface area contributed by atoms with Crippen LogP contribution >= 0.6 is 0 Å². The molecule has 0 bridgehead atoms. The number of nitriles is 1. The van der Waals surface area contributed by atoms with Crippen LogP contribution in [0.1, 0.15) is 16.8 Å². The van der Waals surface area contributed by atoms with Gasteiger partial charge in [-0.15, -0.1) is 0 Å². The number of ether oxygens (including phenoxy) is 2. The molecule has 29 heavy (non-hydrogen) atoms.